The summed E-state index contributed by atoms with van der Waals surface area (Å²) in [6, 6.07) is 11.3. The summed E-state index contributed by atoms with van der Waals surface area (Å²) in [7, 11) is 0. The number of aromatic nitrogens is 1. The molecular formula is C18H27N3. The second-order valence-corrected chi connectivity index (χ2v) is 5.48. The van der Waals surface area contributed by atoms with Gasteiger partial charge in [-0.1, -0.05) is 38.1 Å². The van der Waals surface area contributed by atoms with Crippen LogP contribution in [0.25, 0.3) is 10.8 Å². The maximum atomic E-state index is 4.94. The third-order valence-electron chi connectivity index (χ3n) is 4.07. The fourth-order valence-corrected chi connectivity index (χ4v) is 2.69. The topological polar surface area (TPSA) is 28.2 Å². The third-order valence-corrected chi connectivity index (χ3v) is 4.07. The van der Waals surface area contributed by atoms with Crippen molar-refractivity contribution in [3.05, 3.63) is 36.0 Å². The number of hydrogen-bond acceptors (Lipinski definition) is 3. The van der Waals surface area contributed by atoms with Crippen LogP contribution in [-0.2, 0) is 6.54 Å². The van der Waals surface area contributed by atoms with Crippen molar-refractivity contribution in [2.45, 2.75) is 46.7 Å². The van der Waals surface area contributed by atoms with Gasteiger partial charge in [0.05, 0.1) is 5.69 Å². The normalized spacial score (nSPS) is 12.6. The molecule has 3 heteroatoms. The van der Waals surface area contributed by atoms with Crippen molar-refractivity contribution in [2.24, 2.45) is 0 Å². The average Bonchev–Trinajstić information content (AvgIpc) is 2.53. The highest BCUT2D eigenvalue weighted by atomic mass is 15.2. The maximum absolute atomic E-state index is 4.94. The number of nitrogens with one attached hydrogen (secondary N) is 1. The molecule has 0 fully saturated rings. The van der Waals surface area contributed by atoms with E-state index in [0.29, 0.717) is 6.04 Å². The number of pyridine rings is 1. The van der Waals surface area contributed by atoms with E-state index in [0.717, 1.165) is 37.6 Å². The van der Waals surface area contributed by atoms with Crippen LogP contribution in [0.15, 0.2) is 30.3 Å². The zero-order valence-corrected chi connectivity index (χ0v) is 13.7. The van der Waals surface area contributed by atoms with Crippen LogP contribution in [0.2, 0.25) is 0 Å². The van der Waals surface area contributed by atoms with Crippen molar-refractivity contribution in [1.29, 1.82) is 0 Å². The van der Waals surface area contributed by atoms with Crippen molar-refractivity contribution < 1.29 is 0 Å². The van der Waals surface area contributed by atoms with E-state index in [1.807, 2.05) is 0 Å². The van der Waals surface area contributed by atoms with E-state index in [1.54, 1.807) is 0 Å². The highest BCUT2D eigenvalue weighted by Gasteiger charge is 2.16. The third kappa shape index (κ3) is 3.53. The molecule has 1 atom stereocenters. The highest BCUT2D eigenvalue weighted by molar-refractivity contribution is 5.92. The molecule has 3 nitrogen and oxygen atoms in total. The van der Waals surface area contributed by atoms with Crippen LogP contribution in [0.5, 0.6) is 0 Å². The van der Waals surface area contributed by atoms with Crippen LogP contribution >= 0.6 is 0 Å². The van der Waals surface area contributed by atoms with Gasteiger partial charge in [-0.15, -0.1) is 0 Å². The molecule has 0 saturated carbocycles. The molecule has 0 aliphatic carbocycles. The van der Waals surface area contributed by atoms with Gasteiger partial charge >= 0.3 is 0 Å². The van der Waals surface area contributed by atoms with Gasteiger partial charge in [-0.05, 0) is 38.3 Å². The molecule has 2 aromatic rings. The minimum atomic E-state index is 0.500. The van der Waals surface area contributed by atoms with Crippen LogP contribution in [0, 0.1) is 0 Å². The molecule has 0 spiro atoms. The molecule has 1 aromatic carbocycles. The first-order chi connectivity index (χ1) is 10.2. The van der Waals surface area contributed by atoms with Gasteiger partial charge in [0, 0.05) is 24.5 Å². The van der Waals surface area contributed by atoms with Gasteiger partial charge in [0.2, 0.25) is 0 Å². The standard InChI is InChI=1S/C18H27N3/c1-5-14(4)21(7-3)18-17-11-9-8-10-15(17)12-16(20-18)13-19-6-2/h8-12,14,19H,5-7,13H2,1-4H3. The summed E-state index contributed by atoms with van der Waals surface area (Å²) in [6.07, 6.45) is 1.13. The lowest BCUT2D eigenvalue weighted by Crippen LogP contribution is -2.33. The van der Waals surface area contributed by atoms with E-state index in [4.69, 9.17) is 4.98 Å². The smallest absolute Gasteiger partial charge is 0.137 e. The van der Waals surface area contributed by atoms with E-state index in [1.165, 1.54) is 10.8 Å². The highest BCUT2D eigenvalue weighted by Crippen LogP contribution is 2.27. The Hall–Kier alpha value is -1.61. The molecule has 0 amide bonds. The number of nitrogens with zero attached hydrogens (tertiary/aromatic N) is 2. The van der Waals surface area contributed by atoms with Crippen molar-refractivity contribution in [2.75, 3.05) is 18.0 Å². The van der Waals surface area contributed by atoms with Crippen molar-refractivity contribution in [3.8, 4) is 0 Å². The van der Waals surface area contributed by atoms with E-state index in [2.05, 4.69) is 68.2 Å². The zero-order valence-electron chi connectivity index (χ0n) is 13.7. The summed E-state index contributed by atoms with van der Waals surface area (Å²) in [5, 5.41) is 5.90. The minimum Gasteiger partial charge on any atom is -0.354 e. The van der Waals surface area contributed by atoms with Crippen LogP contribution in [0.3, 0.4) is 0 Å². The Bertz CT molecular complexity index is 580. The first-order valence-electron chi connectivity index (χ1n) is 8.07. The predicted molar refractivity (Wildman–Crippen MR) is 91.9 cm³/mol. The molecule has 0 aliphatic rings. The fraction of sp³-hybridized carbons (Fsp3) is 0.500. The molecule has 0 saturated heterocycles. The van der Waals surface area contributed by atoms with Gasteiger partial charge in [-0.25, -0.2) is 4.98 Å². The van der Waals surface area contributed by atoms with E-state index in [9.17, 15) is 0 Å². The van der Waals surface area contributed by atoms with Crippen LogP contribution in [-0.4, -0.2) is 24.1 Å². The van der Waals surface area contributed by atoms with Gasteiger partial charge in [0.25, 0.3) is 0 Å². The maximum Gasteiger partial charge on any atom is 0.137 e. The molecule has 2 rings (SSSR count). The lowest BCUT2D eigenvalue weighted by molar-refractivity contribution is 0.622. The Balaban J connectivity index is 2.52. The zero-order chi connectivity index (χ0) is 15.2. The van der Waals surface area contributed by atoms with E-state index in [-0.39, 0.29) is 0 Å². The Kier molecular flexibility index (Phi) is 5.57. The first-order valence-corrected chi connectivity index (χ1v) is 8.07. The molecule has 0 aliphatic heterocycles. The predicted octanol–water partition coefficient (Wildman–Crippen LogP) is 3.97. The van der Waals surface area contributed by atoms with Crippen LogP contribution < -0.4 is 10.2 Å². The molecular weight excluding hydrogens is 258 g/mol. The van der Waals surface area contributed by atoms with Gasteiger partial charge < -0.3 is 10.2 Å². The second-order valence-electron chi connectivity index (χ2n) is 5.48. The van der Waals surface area contributed by atoms with Gasteiger partial charge in [0.1, 0.15) is 5.82 Å². The van der Waals surface area contributed by atoms with Crippen LogP contribution in [0.4, 0.5) is 5.82 Å². The number of rotatable bonds is 7. The lowest BCUT2D eigenvalue weighted by atomic mass is 10.1. The van der Waals surface area contributed by atoms with Gasteiger partial charge in [-0.3, -0.25) is 0 Å². The Labute approximate surface area is 128 Å². The van der Waals surface area contributed by atoms with Crippen molar-refractivity contribution >= 4 is 16.6 Å². The minimum absolute atomic E-state index is 0.500. The Morgan fingerprint density at radius 1 is 1.19 bits per heavy atom. The Morgan fingerprint density at radius 2 is 1.95 bits per heavy atom. The van der Waals surface area contributed by atoms with Gasteiger partial charge in [-0.2, -0.15) is 0 Å². The molecule has 21 heavy (non-hydrogen) atoms. The second kappa shape index (κ2) is 7.41. The number of benzene rings is 1. The first kappa shape index (κ1) is 15.8. The number of hydrogen-bond donors (Lipinski definition) is 1. The fourth-order valence-electron chi connectivity index (χ4n) is 2.69. The molecule has 1 unspecified atom stereocenters. The quantitative estimate of drug-likeness (QED) is 0.834. The summed E-state index contributed by atoms with van der Waals surface area (Å²) >= 11 is 0. The summed E-state index contributed by atoms with van der Waals surface area (Å²) in [5.41, 5.74) is 1.12. The lowest BCUT2D eigenvalue weighted by Gasteiger charge is -2.30. The summed E-state index contributed by atoms with van der Waals surface area (Å²) < 4.78 is 0. The Morgan fingerprint density at radius 3 is 2.62 bits per heavy atom. The van der Waals surface area contributed by atoms with E-state index < -0.39 is 0 Å². The molecule has 1 heterocycles. The summed E-state index contributed by atoms with van der Waals surface area (Å²) in [6.45, 7) is 11.6. The SMILES string of the molecule is CCNCc1cc2ccccc2c(N(CC)C(C)CC)n1. The van der Waals surface area contributed by atoms with Crippen LogP contribution in [0.1, 0.15) is 39.8 Å². The molecule has 0 bridgehead atoms. The van der Waals surface area contributed by atoms with E-state index >= 15 is 0 Å². The largest absolute Gasteiger partial charge is 0.354 e. The molecule has 114 valence electrons. The molecule has 1 aromatic heterocycles. The van der Waals surface area contributed by atoms with Gasteiger partial charge in [0.15, 0.2) is 0 Å². The average molecular weight is 285 g/mol. The van der Waals surface area contributed by atoms with Crippen molar-refractivity contribution in [1.82, 2.24) is 10.3 Å². The number of fused-ring (bicyclic) bond motifs is 1. The number of anilines is 1. The van der Waals surface area contributed by atoms with Crippen molar-refractivity contribution in [3.63, 3.8) is 0 Å². The molecule has 1 N–H and O–H groups in total. The summed E-state index contributed by atoms with van der Waals surface area (Å²) in [4.78, 5) is 7.36. The molecule has 0 radical (unpaired) electrons. The summed E-state index contributed by atoms with van der Waals surface area (Å²) in [5.74, 6) is 1.12. The monoisotopic (exact) mass is 285 g/mol.